The van der Waals surface area contributed by atoms with Crippen molar-refractivity contribution in [3.05, 3.63) is 70.8 Å². The Morgan fingerprint density at radius 1 is 1.16 bits per heavy atom. The molecule has 2 heterocycles. The van der Waals surface area contributed by atoms with Gasteiger partial charge in [0.05, 0.1) is 37.4 Å². The second kappa shape index (κ2) is 9.96. The standard InChI is InChI=1S/C25H29N3O4/c1-27-14-5-6-19(24(27)18-9-11-20(31-2)12-10-18)16-32-23(29)13-15-28-17-26-22-8-4-3-7-21(22)25(28)30/h3-4,7-12,17,19,24H,5-6,13-16H2,1-2H3/t19-,24+/m1/s1. The molecule has 2 aromatic carbocycles. The lowest BCUT2D eigenvalue weighted by Crippen LogP contribution is -2.38. The van der Waals surface area contributed by atoms with E-state index in [1.54, 1.807) is 19.2 Å². The highest BCUT2D eigenvalue weighted by atomic mass is 16.5. The zero-order valence-electron chi connectivity index (χ0n) is 18.6. The van der Waals surface area contributed by atoms with Crippen LogP contribution in [-0.2, 0) is 16.1 Å². The Hall–Kier alpha value is -3.19. The summed E-state index contributed by atoms with van der Waals surface area (Å²) < 4.78 is 12.4. The van der Waals surface area contributed by atoms with Gasteiger partial charge in [0, 0.05) is 18.5 Å². The Balaban J connectivity index is 1.37. The third kappa shape index (κ3) is 4.83. The summed E-state index contributed by atoms with van der Waals surface area (Å²) in [5, 5.41) is 0.552. The number of rotatable bonds is 7. The molecule has 0 amide bonds. The summed E-state index contributed by atoms with van der Waals surface area (Å²) in [7, 11) is 3.77. The average molecular weight is 436 g/mol. The molecule has 32 heavy (non-hydrogen) atoms. The molecule has 0 saturated carbocycles. The van der Waals surface area contributed by atoms with Crippen molar-refractivity contribution in [1.29, 1.82) is 0 Å². The van der Waals surface area contributed by atoms with E-state index in [0.717, 1.165) is 25.1 Å². The van der Waals surface area contributed by atoms with Gasteiger partial charge in [-0.05, 0) is 56.3 Å². The van der Waals surface area contributed by atoms with E-state index in [2.05, 4.69) is 29.1 Å². The van der Waals surface area contributed by atoms with Crippen molar-refractivity contribution in [3.63, 3.8) is 0 Å². The van der Waals surface area contributed by atoms with Gasteiger partial charge in [0.1, 0.15) is 5.75 Å². The Bertz CT molecular complexity index is 1130. The summed E-state index contributed by atoms with van der Waals surface area (Å²) in [5.41, 5.74) is 1.71. The molecule has 0 unspecified atom stereocenters. The van der Waals surface area contributed by atoms with E-state index < -0.39 is 0 Å². The summed E-state index contributed by atoms with van der Waals surface area (Å²) in [6, 6.07) is 15.5. The molecule has 1 saturated heterocycles. The summed E-state index contributed by atoms with van der Waals surface area (Å²) in [5.74, 6) is 0.747. The summed E-state index contributed by atoms with van der Waals surface area (Å²) in [4.78, 5) is 31.7. The number of esters is 1. The molecule has 7 heteroatoms. The molecule has 3 aromatic rings. The van der Waals surface area contributed by atoms with Crippen LogP contribution in [0.1, 0.15) is 30.9 Å². The van der Waals surface area contributed by atoms with Gasteiger partial charge in [0.2, 0.25) is 0 Å². The number of ether oxygens (including phenoxy) is 2. The number of nitrogens with zero attached hydrogens (tertiary/aromatic N) is 3. The van der Waals surface area contributed by atoms with E-state index in [4.69, 9.17) is 9.47 Å². The van der Waals surface area contributed by atoms with Gasteiger partial charge in [-0.15, -0.1) is 0 Å². The van der Waals surface area contributed by atoms with Crippen LogP contribution in [0.4, 0.5) is 0 Å². The maximum Gasteiger partial charge on any atom is 0.307 e. The van der Waals surface area contributed by atoms with Gasteiger partial charge < -0.3 is 9.47 Å². The van der Waals surface area contributed by atoms with Crippen molar-refractivity contribution in [2.75, 3.05) is 27.3 Å². The number of aromatic nitrogens is 2. The molecular formula is C25H29N3O4. The summed E-state index contributed by atoms with van der Waals surface area (Å²) in [6.07, 6.45) is 3.70. The number of carbonyl (C=O) groups is 1. The smallest absolute Gasteiger partial charge is 0.307 e. The minimum atomic E-state index is -0.299. The normalized spacial score (nSPS) is 19.1. The van der Waals surface area contributed by atoms with Crippen LogP contribution in [0.3, 0.4) is 0 Å². The van der Waals surface area contributed by atoms with Gasteiger partial charge in [-0.3, -0.25) is 19.1 Å². The Labute approximate surface area is 187 Å². The molecule has 0 aliphatic carbocycles. The minimum Gasteiger partial charge on any atom is -0.497 e. The Morgan fingerprint density at radius 2 is 1.94 bits per heavy atom. The minimum absolute atomic E-state index is 0.135. The van der Waals surface area contributed by atoms with Crippen LogP contribution >= 0.6 is 0 Å². The van der Waals surface area contributed by atoms with Crippen LogP contribution in [0, 0.1) is 5.92 Å². The molecule has 0 radical (unpaired) electrons. The van der Waals surface area contributed by atoms with E-state index in [-0.39, 0.29) is 36.5 Å². The molecular weight excluding hydrogens is 406 g/mol. The monoisotopic (exact) mass is 435 g/mol. The second-order valence-electron chi connectivity index (χ2n) is 8.29. The molecule has 0 N–H and O–H groups in total. The van der Waals surface area contributed by atoms with Crippen molar-refractivity contribution in [2.45, 2.75) is 31.8 Å². The number of hydrogen-bond donors (Lipinski definition) is 0. The number of para-hydroxylation sites is 1. The summed E-state index contributed by atoms with van der Waals surface area (Å²) >= 11 is 0. The van der Waals surface area contributed by atoms with Crippen molar-refractivity contribution in [1.82, 2.24) is 14.5 Å². The van der Waals surface area contributed by atoms with E-state index in [1.807, 2.05) is 24.3 Å². The van der Waals surface area contributed by atoms with Gasteiger partial charge in [-0.2, -0.15) is 0 Å². The predicted molar refractivity (Wildman–Crippen MR) is 123 cm³/mol. The number of fused-ring (bicyclic) bond motifs is 1. The van der Waals surface area contributed by atoms with Crippen LogP contribution in [0.25, 0.3) is 10.9 Å². The zero-order chi connectivity index (χ0) is 22.5. The molecule has 168 valence electrons. The second-order valence-corrected chi connectivity index (χ2v) is 8.29. The van der Waals surface area contributed by atoms with Crippen molar-refractivity contribution in [3.8, 4) is 5.75 Å². The number of likely N-dealkylation sites (tertiary alicyclic amines) is 1. The van der Waals surface area contributed by atoms with Crippen LogP contribution in [-0.4, -0.2) is 47.7 Å². The zero-order valence-corrected chi connectivity index (χ0v) is 18.6. The van der Waals surface area contributed by atoms with Gasteiger partial charge in [-0.25, -0.2) is 4.98 Å². The molecule has 7 nitrogen and oxygen atoms in total. The number of methoxy groups -OCH3 is 1. The number of aryl methyl sites for hydroxylation is 1. The van der Waals surface area contributed by atoms with Gasteiger partial charge in [0.15, 0.2) is 0 Å². The molecule has 2 atom stereocenters. The Kier molecular flexibility index (Phi) is 6.85. The van der Waals surface area contributed by atoms with Crippen LogP contribution < -0.4 is 10.3 Å². The van der Waals surface area contributed by atoms with E-state index in [9.17, 15) is 9.59 Å². The van der Waals surface area contributed by atoms with Crippen LogP contribution in [0.5, 0.6) is 5.75 Å². The molecule has 1 aliphatic heterocycles. The third-order valence-corrected chi connectivity index (χ3v) is 6.21. The van der Waals surface area contributed by atoms with Crippen molar-refractivity contribution >= 4 is 16.9 Å². The fourth-order valence-electron chi connectivity index (χ4n) is 4.51. The molecule has 0 bridgehead atoms. The maximum atomic E-state index is 12.6. The fraction of sp³-hybridized carbons (Fsp3) is 0.400. The van der Waals surface area contributed by atoms with Gasteiger partial charge in [0.25, 0.3) is 5.56 Å². The molecule has 4 rings (SSSR count). The third-order valence-electron chi connectivity index (χ3n) is 6.21. The Morgan fingerprint density at radius 3 is 2.72 bits per heavy atom. The topological polar surface area (TPSA) is 73.7 Å². The van der Waals surface area contributed by atoms with E-state index >= 15 is 0 Å². The van der Waals surface area contributed by atoms with Crippen molar-refractivity contribution in [2.24, 2.45) is 5.92 Å². The highest BCUT2D eigenvalue weighted by Gasteiger charge is 2.31. The lowest BCUT2D eigenvalue weighted by Gasteiger charge is -2.39. The molecule has 1 fully saturated rings. The highest BCUT2D eigenvalue weighted by molar-refractivity contribution is 5.77. The van der Waals surface area contributed by atoms with Gasteiger partial charge in [-0.1, -0.05) is 24.3 Å². The maximum absolute atomic E-state index is 12.6. The van der Waals surface area contributed by atoms with Gasteiger partial charge >= 0.3 is 5.97 Å². The first-order valence-electron chi connectivity index (χ1n) is 11.0. The molecule has 1 aromatic heterocycles. The van der Waals surface area contributed by atoms with Crippen molar-refractivity contribution < 1.29 is 14.3 Å². The van der Waals surface area contributed by atoms with E-state index in [0.29, 0.717) is 17.5 Å². The first-order chi connectivity index (χ1) is 15.6. The molecule has 0 spiro atoms. The average Bonchev–Trinajstić information content (AvgIpc) is 2.82. The summed E-state index contributed by atoms with van der Waals surface area (Å²) in [6.45, 7) is 1.63. The SMILES string of the molecule is COc1ccc([C@H]2[C@@H](COC(=O)CCn3cnc4ccccc4c3=O)CCCN2C)cc1. The number of benzene rings is 2. The number of carbonyl (C=O) groups excluding carboxylic acids is 1. The molecule has 1 aliphatic rings. The number of hydrogen-bond acceptors (Lipinski definition) is 6. The largest absolute Gasteiger partial charge is 0.497 e. The first kappa shape index (κ1) is 22.0. The first-order valence-corrected chi connectivity index (χ1v) is 11.0. The number of piperidine rings is 1. The lowest BCUT2D eigenvalue weighted by molar-refractivity contribution is -0.146. The van der Waals surface area contributed by atoms with Crippen LogP contribution in [0.2, 0.25) is 0 Å². The highest BCUT2D eigenvalue weighted by Crippen LogP contribution is 2.35. The predicted octanol–water partition coefficient (Wildman–Crippen LogP) is 3.42. The van der Waals surface area contributed by atoms with E-state index in [1.165, 1.54) is 16.5 Å². The quantitative estimate of drug-likeness (QED) is 0.530. The lowest BCUT2D eigenvalue weighted by atomic mass is 9.85. The fourth-order valence-corrected chi connectivity index (χ4v) is 4.51. The van der Waals surface area contributed by atoms with Crippen LogP contribution in [0.15, 0.2) is 59.7 Å².